The molecule has 0 saturated carbocycles. The molecule has 1 aromatic carbocycles. The van der Waals surface area contributed by atoms with Gasteiger partial charge in [-0.1, -0.05) is 23.2 Å². The predicted molar refractivity (Wildman–Crippen MR) is 91.9 cm³/mol. The summed E-state index contributed by atoms with van der Waals surface area (Å²) >= 11 is 16.6. The second kappa shape index (κ2) is 6.56. The Morgan fingerprint density at radius 3 is 2.24 bits per heavy atom. The highest BCUT2D eigenvalue weighted by Gasteiger charge is 2.24. The van der Waals surface area contributed by atoms with Crippen molar-refractivity contribution in [2.24, 2.45) is 0 Å². The molecule has 0 fully saturated rings. The molecule has 21 heavy (non-hydrogen) atoms. The van der Waals surface area contributed by atoms with Crippen molar-refractivity contribution in [1.29, 1.82) is 0 Å². The molecule has 0 atom stereocenters. The van der Waals surface area contributed by atoms with Gasteiger partial charge in [0.05, 0.1) is 8.68 Å². The molecule has 0 saturated heterocycles. The van der Waals surface area contributed by atoms with E-state index in [4.69, 9.17) is 23.2 Å². The minimum atomic E-state index is -3.55. The van der Waals surface area contributed by atoms with E-state index in [1.807, 2.05) is 0 Å². The van der Waals surface area contributed by atoms with E-state index in [0.717, 1.165) is 14.2 Å². The van der Waals surface area contributed by atoms with E-state index in [1.165, 1.54) is 22.7 Å². The zero-order valence-corrected chi connectivity index (χ0v) is 16.0. The second-order valence-corrected chi connectivity index (χ2v) is 10.0. The van der Waals surface area contributed by atoms with Crippen LogP contribution in [0, 0.1) is 6.92 Å². The summed E-state index contributed by atoms with van der Waals surface area (Å²) < 4.78 is 27.3. The second-order valence-electron chi connectivity index (χ2n) is 4.51. The number of hydrogen-bond donors (Lipinski definition) is 0. The monoisotopic (exact) mass is 427 g/mol. The lowest BCUT2D eigenvalue weighted by molar-refractivity contribution is 0.466. The van der Waals surface area contributed by atoms with Gasteiger partial charge in [-0.2, -0.15) is 4.31 Å². The van der Waals surface area contributed by atoms with Gasteiger partial charge in [-0.15, -0.1) is 11.3 Å². The number of hydrogen-bond acceptors (Lipinski definition) is 3. The molecule has 2 rings (SSSR count). The number of sulfonamides is 1. The Bertz CT molecular complexity index is 754. The molecule has 8 heteroatoms. The standard InChI is InChI=1S/C13H12BrCl2NO2S2/c1-8-12(6-13(14)20-8)21(18,19)17(2)7-9-3-10(15)5-11(16)4-9/h3-6H,7H2,1-2H3. The van der Waals surface area contributed by atoms with Gasteiger partial charge < -0.3 is 0 Å². The van der Waals surface area contributed by atoms with Crippen LogP contribution in [0.4, 0.5) is 0 Å². The predicted octanol–water partition coefficient (Wildman–Crippen LogP) is 4.95. The molecule has 1 heterocycles. The smallest absolute Gasteiger partial charge is 0.207 e. The van der Waals surface area contributed by atoms with Gasteiger partial charge in [0.25, 0.3) is 0 Å². The summed E-state index contributed by atoms with van der Waals surface area (Å²) in [6, 6.07) is 6.64. The normalized spacial score (nSPS) is 12.1. The largest absolute Gasteiger partial charge is 0.244 e. The molecule has 0 amide bonds. The van der Waals surface area contributed by atoms with Crippen LogP contribution in [0.3, 0.4) is 0 Å². The summed E-state index contributed by atoms with van der Waals surface area (Å²) in [5.74, 6) is 0. The maximum Gasteiger partial charge on any atom is 0.244 e. The number of benzene rings is 1. The quantitative estimate of drug-likeness (QED) is 0.690. The summed E-state index contributed by atoms with van der Waals surface area (Å²) in [4.78, 5) is 1.06. The third-order valence-corrected chi connectivity index (χ3v) is 6.91. The molecule has 0 radical (unpaired) electrons. The van der Waals surface area contributed by atoms with Crippen molar-refractivity contribution in [3.05, 3.63) is 48.5 Å². The maximum atomic E-state index is 12.6. The molecular weight excluding hydrogens is 417 g/mol. The lowest BCUT2D eigenvalue weighted by Crippen LogP contribution is -2.26. The summed E-state index contributed by atoms with van der Waals surface area (Å²) in [7, 11) is -2.01. The molecular formula is C13H12BrCl2NO2S2. The molecule has 2 aromatic rings. The number of aryl methyl sites for hydroxylation is 1. The molecule has 114 valence electrons. The van der Waals surface area contributed by atoms with Crippen LogP contribution in [0.2, 0.25) is 10.0 Å². The van der Waals surface area contributed by atoms with Crippen molar-refractivity contribution < 1.29 is 8.42 Å². The summed E-state index contributed by atoms with van der Waals surface area (Å²) in [5, 5.41) is 0.968. The van der Waals surface area contributed by atoms with Gasteiger partial charge in [0.1, 0.15) is 0 Å². The summed E-state index contributed by atoms with van der Waals surface area (Å²) in [6.07, 6.45) is 0. The summed E-state index contributed by atoms with van der Waals surface area (Å²) in [6.45, 7) is 1.99. The molecule has 0 aliphatic rings. The minimum absolute atomic E-state index is 0.204. The van der Waals surface area contributed by atoms with E-state index in [2.05, 4.69) is 15.9 Å². The van der Waals surface area contributed by atoms with E-state index in [-0.39, 0.29) is 6.54 Å². The van der Waals surface area contributed by atoms with E-state index in [1.54, 1.807) is 31.2 Å². The van der Waals surface area contributed by atoms with Gasteiger partial charge in [0.2, 0.25) is 10.0 Å². The van der Waals surface area contributed by atoms with Gasteiger partial charge in [0, 0.05) is 28.5 Å². The first kappa shape index (κ1) is 17.2. The molecule has 0 N–H and O–H groups in total. The number of thiophene rings is 1. The van der Waals surface area contributed by atoms with Crippen molar-refractivity contribution in [2.45, 2.75) is 18.4 Å². The van der Waals surface area contributed by atoms with E-state index < -0.39 is 10.0 Å². The van der Waals surface area contributed by atoms with Crippen LogP contribution in [-0.4, -0.2) is 19.8 Å². The van der Waals surface area contributed by atoms with Gasteiger partial charge >= 0.3 is 0 Å². The third-order valence-electron chi connectivity index (χ3n) is 2.86. The topological polar surface area (TPSA) is 37.4 Å². The van der Waals surface area contributed by atoms with Crippen molar-refractivity contribution in [3.8, 4) is 0 Å². The third kappa shape index (κ3) is 4.00. The molecule has 0 aliphatic heterocycles. The first-order valence-electron chi connectivity index (χ1n) is 5.87. The Morgan fingerprint density at radius 1 is 1.19 bits per heavy atom. The van der Waals surface area contributed by atoms with E-state index >= 15 is 0 Å². The van der Waals surface area contributed by atoms with Crippen LogP contribution in [0.1, 0.15) is 10.4 Å². The molecule has 3 nitrogen and oxygen atoms in total. The Hall–Kier alpha value is -0.110. The van der Waals surface area contributed by atoms with Crippen LogP contribution in [0.5, 0.6) is 0 Å². The van der Waals surface area contributed by atoms with Crippen LogP contribution >= 0.6 is 50.5 Å². The Kier molecular flexibility index (Phi) is 5.39. The minimum Gasteiger partial charge on any atom is -0.207 e. The average molecular weight is 429 g/mol. The fourth-order valence-corrected chi connectivity index (χ4v) is 6.01. The van der Waals surface area contributed by atoms with Crippen LogP contribution < -0.4 is 0 Å². The highest BCUT2D eigenvalue weighted by atomic mass is 79.9. The van der Waals surface area contributed by atoms with Crippen molar-refractivity contribution >= 4 is 60.5 Å². The zero-order chi connectivity index (χ0) is 15.8. The van der Waals surface area contributed by atoms with Crippen molar-refractivity contribution in [3.63, 3.8) is 0 Å². The van der Waals surface area contributed by atoms with Gasteiger partial charge in [0.15, 0.2) is 0 Å². The molecule has 0 bridgehead atoms. The lowest BCUT2D eigenvalue weighted by atomic mass is 10.2. The highest BCUT2D eigenvalue weighted by molar-refractivity contribution is 9.11. The van der Waals surface area contributed by atoms with E-state index in [9.17, 15) is 8.42 Å². The van der Waals surface area contributed by atoms with Gasteiger partial charge in [-0.05, 0) is 52.7 Å². The highest BCUT2D eigenvalue weighted by Crippen LogP contribution is 2.31. The lowest BCUT2D eigenvalue weighted by Gasteiger charge is -2.17. The van der Waals surface area contributed by atoms with Crippen LogP contribution in [0.15, 0.2) is 32.9 Å². The van der Waals surface area contributed by atoms with Crippen LogP contribution in [-0.2, 0) is 16.6 Å². The molecule has 0 spiro atoms. The Morgan fingerprint density at radius 2 is 1.76 bits per heavy atom. The first-order chi connectivity index (χ1) is 9.70. The molecule has 1 aromatic heterocycles. The average Bonchev–Trinajstić information content (AvgIpc) is 2.67. The zero-order valence-electron chi connectivity index (χ0n) is 11.2. The SMILES string of the molecule is Cc1sc(Br)cc1S(=O)(=O)N(C)Cc1cc(Cl)cc(Cl)c1. The fraction of sp³-hybridized carbons (Fsp3) is 0.231. The van der Waals surface area contributed by atoms with Crippen molar-refractivity contribution in [1.82, 2.24) is 4.31 Å². The van der Waals surface area contributed by atoms with E-state index in [0.29, 0.717) is 14.9 Å². The van der Waals surface area contributed by atoms with Crippen molar-refractivity contribution in [2.75, 3.05) is 7.05 Å². The van der Waals surface area contributed by atoms with Crippen LogP contribution in [0.25, 0.3) is 0 Å². The van der Waals surface area contributed by atoms with Gasteiger partial charge in [-0.3, -0.25) is 0 Å². The Balaban J connectivity index is 2.30. The number of rotatable bonds is 4. The summed E-state index contributed by atoms with van der Waals surface area (Å²) in [5.41, 5.74) is 0.741. The fourth-order valence-electron chi connectivity index (χ4n) is 1.90. The van der Waals surface area contributed by atoms with Gasteiger partial charge in [-0.25, -0.2) is 8.42 Å². The molecule has 0 unspecified atom stereocenters. The molecule has 0 aliphatic carbocycles. The number of nitrogens with zero attached hydrogens (tertiary/aromatic N) is 1. The maximum absolute atomic E-state index is 12.6. The Labute approximate surface area is 146 Å². The first-order valence-corrected chi connectivity index (χ1v) is 9.68. The number of halogens is 3.